The first-order valence-corrected chi connectivity index (χ1v) is 2.99. The van der Waals surface area contributed by atoms with E-state index in [1.54, 1.807) is 0 Å². The highest BCUT2D eigenvalue weighted by molar-refractivity contribution is 5.65. The number of carboxylic acid groups (broad SMARTS) is 1. The molecule has 10 heavy (non-hydrogen) atoms. The number of nitrogens with zero attached hydrogens (tertiary/aromatic N) is 1. The van der Waals surface area contributed by atoms with Crippen molar-refractivity contribution in [2.24, 2.45) is 5.73 Å². The fourth-order valence-electron chi connectivity index (χ4n) is 0.946. The number of likely N-dealkylation sites (tertiary alicyclic amines) is 1. The van der Waals surface area contributed by atoms with Crippen LogP contribution in [0, 0.1) is 0 Å². The Hall–Kier alpha value is -0.840. The van der Waals surface area contributed by atoms with Gasteiger partial charge in [-0.25, -0.2) is 9.18 Å². The SMILES string of the molecule is NC1CN(C(=O)O)CC1F. The average Bonchev–Trinajstić information content (AvgIpc) is 2.13. The summed E-state index contributed by atoms with van der Waals surface area (Å²) in [5.41, 5.74) is 5.23. The van der Waals surface area contributed by atoms with Gasteiger partial charge >= 0.3 is 6.09 Å². The van der Waals surface area contributed by atoms with E-state index in [1.807, 2.05) is 0 Å². The van der Waals surface area contributed by atoms with Crippen LogP contribution in [-0.4, -0.2) is 41.4 Å². The maximum atomic E-state index is 12.5. The summed E-state index contributed by atoms with van der Waals surface area (Å²) in [6, 6.07) is -0.643. The number of alkyl halides is 1. The Labute approximate surface area is 57.4 Å². The number of carbonyl (C=O) groups is 1. The van der Waals surface area contributed by atoms with Gasteiger partial charge in [-0.05, 0) is 0 Å². The van der Waals surface area contributed by atoms with Crippen LogP contribution in [0.2, 0.25) is 0 Å². The minimum absolute atomic E-state index is 0.0868. The predicted octanol–water partition coefficient (Wildman–Crippen LogP) is -0.355. The van der Waals surface area contributed by atoms with Crippen LogP contribution in [0.4, 0.5) is 9.18 Å². The van der Waals surface area contributed by atoms with Gasteiger partial charge in [0.15, 0.2) is 0 Å². The van der Waals surface area contributed by atoms with E-state index in [0.717, 1.165) is 4.90 Å². The van der Waals surface area contributed by atoms with Crippen molar-refractivity contribution in [2.75, 3.05) is 13.1 Å². The largest absolute Gasteiger partial charge is 0.465 e. The van der Waals surface area contributed by atoms with Gasteiger partial charge in [0, 0.05) is 6.54 Å². The van der Waals surface area contributed by atoms with Crippen LogP contribution < -0.4 is 5.73 Å². The van der Waals surface area contributed by atoms with Gasteiger partial charge in [-0.2, -0.15) is 0 Å². The van der Waals surface area contributed by atoms with E-state index >= 15 is 0 Å². The van der Waals surface area contributed by atoms with E-state index in [4.69, 9.17) is 10.8 Å². The van der Waals surface area contributed by atoms with Crippen molar-refractivity contribution in [2.45, 2.75) is 12.2 Å². The molecule has 1 rings (SSSR count). The van der Waals surface area contributed by atoms with Gasteiger partial charge in [0.05, 0.1) is 12.6 Å². The molecule has 0 aromatic carbocycles. The summed E-state index contributed by atoms with van der Waals surface area (Å²) in [5.74, 6) is 0. The Kier molecular flexibility index (Phi) is 1.76. The van der Waals surface area contributed by atoms with Crippen LogP contribution in [0.3, 0.4) is 0 Å². The topological polar surface area (TPSA) is 66.6 Å². The third-order valence-electron chi connectivity index (χ3n) is 1.56. The van der Waals surface area contributed by atoms with Gasteiger partial charge in [-0.1, -0.05) is 0 Å². The van der Waals surface area contributed by atoms with Crippen molar-refractivity contribution in [3.63, 3.8) is 0 Å². The summed E-state index contributed by atoms with van der Waals surface area (Å²) < 4.78 is 12.5. The minimum atomic E-state index is -1.20. The fraction of sp³-hybridized carbons (Fsp3) is 0.800. The molecule has 0 spiro atoms. The number of rotatable bonds is 0. The second-order valence-electron chi connectivity index (χ2n) is 2.37. The molecule has 58 valence electrons. The Balaban J connectivity index is 2.49. The van der Waals surface area contributed by atoms with Gasteiger partial charge in [-0.15, -0.1) is 0 Å². The number of halogens is 1. The summed E-state index contributed by atoms with van der Waals surface area (Å²) in [6.07, 6.45) is -2.30. The zero-order valence-electron chi connectivity index (χ0n) is 5.33. The van der Waals surface area contributed by atoms with E-state index in [-0.39, 0.29) is 13.1 Å². The molecule has 2 unspecified atom stereocenters. The molecule has 1 amide bonds. The maximum absolute atomic E-state index is 12.5. The van der Waals surface area contributed by atoms with Crippen LogP contribution in [-0.2, 0) is 0 Å². The monoisotopic (exact) mass is 148 g/mol. The molecule has 2 atom stereocenters. The molecule has 0 aromatic rings. The Morgan fingerprint density at radius 1 is 1.70 bits per heavy atom. The summed E-state index contributed by atoms with van der Waals surface area (Å²) in [5, 5.41) is 8.35. The zero-order chi connectivity index (χ0) is 7.72. The highest BCUT2D eigenvalue weighted by Gasteiger charge is 2.32. The van der Waals surface area contributed by atoms with E-state index in [2.05, 4.69) is 0 Å². The smallest absolute Gasteiger partial charge is 0.407 e. The van der Waals surface area contributed by atoms with Gasteiger partial charge < -0.3 is 15.7 Å². The summed E-state index contributed by atoms with van der Waals surface area (Å²) in [7, 11) is 0. The molecule has 0 bridgehead atoms. The van der Waals surface area contributed by atoms with E-state index in [9.17, 15) is 9.18 Å². The number of hydrogen-bond donors (Lipinski definition) is 2. The second kappa shape index (κ2) is 2.42. The standard InChI is InChI=1S/C5H9FN2O2/c6-3-1-8(5(9)10)2-4(3)7/h3-4H,1-2,7H2,(H,9,10). The third-order valence-corrected chi connectivity index (χ3v) is 1.56. The second-order valence-corrected chi connectivity index (χ2v) is 2.37. The molecule has 0 radical (unpaired) electrons. The van der Waals surface area contributed by atoms with E-state index in [1.165, 1.54) is 0 Å². The van der Waals surface area contributed by atoms with Gasteiger partial charge in [0.25, 0.3) is 0 Å². The van der Waals surface area contributed by atoms with Crippen LogP contribution in [0.25, 0.3) is 0 Å². The number of nitrogens with two attached hydrogens (primary N) is 1. The van der Waals surface area contributed by atoms with Crippen molar-refractivity contribution >= 4 is 6.09 Å². The zero-order valence-corrected chi connectivity index (χ0v) is 5.33. The lowest BCUT2D eigenvalue weighted by molar-refractivity contribution is 0.152. The van der Waals surface area contributed by atoms with Gasteiger partial charge in [0.1, 0.15) is 6.17 Å². The van der Waals surface area contributed by atoms with Crippen molar-refractivity contribution < 1.29 is 14.3 Å². The van der Waals surface area contributed by atoms with Crippen molar-refractivity contribution in [3.8, 4) is 0 Å². The molecular formula is C5H9FN2O2. The Morgan fingerprint density at radius 3 is 2.50 bits per heavy atom. The summed E-state index contributed by atoms with van der Waals surface area (Å²) in [6.45, 7) is 0.0208. The van der Waals surface area contributed by atoms with Crippen molar-refractivity contribution in [3.05, 3.63) is 0 Å². The molecule has 0 saturated carbocycles. The molecule has 1 aliphatic heterocycles. The van der Waals surface area contributed by atoms with E-state index < -0.39 is 18.3 Å². The molecule has 1 fully saturated rings. The molecule has 3 N–H and O–H groups in total. The maximum Gasteiger partial charge on any atom is 0.407 e. The molecule has 1 aliphatic rings. The quantitative estimate of drug-likeness (QED) is 0.493. The average molecular weight is 148 g/mol. The predicted molar refractivity (Wildman–Crippen MR) is 32.5 cm³/mol. The first-order chi connectivity index (χ1) is 4.61. The van der Waals surface area contributed by atoms with Crippen LogP contribution in [0.5, 0.6) is 0 Å². The molecule has 1 saturated heterocycles. The molecule has 4 nitrogen and oxygen atoms in total. The van der Waals surface area contributed by atoms with Crippen LogP contribution >= 0.6 is 0 Å². The molecule has 1 heterocycles. The first-order valence-electron chi connectivity index (χ1n) is 2.99. The molecule has 0 aromatic heterocycles. The van der Waals surface area contributed by atoms with Crippen molar-refractivity contribution in [1.29, 1.82) is 0 Å². The summed E-state index contributed by atoms with van der Waals surface area (Å²) in [4.78, 5) is 11.2. The highest BCUT2D eigenvalue weighted by atomic mass is 19.1. The van der Waals surface area contributed by atoms with Crippen molar-refractivity contribution in [1.82, 2.24) is 4.90 Å². The van der Waals surface area contributed by atoms with E-state index in [0.29, 0.717) is 0 Å². The summed E-state index contributed by atoms with van der Waals surface area (Å²) >= 11 is 0. The van der Waals surface area contributed by atoms with Crippen LogP contribution in [0.15, 0.2) is 0 Å². The van der Waals surface area contributed by atoms with Gasteiger partial charge in [0.2, 0.25) is 0 Å². The number of hydrogen-bond acceptors (Lipinski definition) is 2. The lowest BCUT2D eigenvalue weighted by Gasteiger charge is -2.08. The van der Waals surface area contributed by atoms with Crippen LogP contribution in [0.1, 0.15) is 0 Å². The fourth-order valence-corrected chi connectivity index (χ4v) is 0.946. The molecule has 0 aliphatic carbocycles. The first kappa shape index (κ1) is 7.27. The lowest BCUT2D eigenvalue weighted by atomic mass is 10.3. The Morgan fingerprint density at radius 2 is 2.30 bits per heavy atom. The van der Waals surface area contributed by atoms with Gasteiger partial charge in [-0.3, -0.25) is 0 Å². The minimum Gasteiger partial charge on any atom is -0.465 e. The highest BCUT2D eigenvalue weighted by Crippen LogP contribution is 2.10. The number of amides is 1. The third kappa shape index (κ3) is 1.18. The molecule has 5 heteroatoms. The Bertz CT molecular complexity index is 143. The lowest BCUT2D eigenvalue weighted by Crippen LogP contribution is -2.31. The molecular weight excluding hydrogens is 139 g/mol. The normalized spacial score (nSPS) is 32.8.